The third-order valence-electron chi connectivity index (χ3n) is 10.2. The molecule has 1 atom stereocenters. The van der Waals surface area contributed by atoms with Crippen LogP contribution in [0.2, 0.25) is 0 Å². The van der Waals surface area contributed by atoms with Gasteiger partial charge >= 0.3 is 17.9 Å². The van der Waals surface area contributed by atoms with Gasteiger partial charge in [-0.3, -0.25) is 14.4 Å². The fourth-order valence-electron chi connectivity index (χ4n) is 6.51. The Morgan fingerprint density at radius 3 is 1.17 bits per heavy atom. The molecule has 0 radical (unpaired) electrons. The van der Waals surface area contributed by atoms with E-state index >= 15 is 0 Å². The van der Waals surface area contributed by atoms with Crippen molar-refractivity contribution in [3.8, 4) is 0 Å². The lowest BCUT2D eigenvalue weighted by Crippen LogP contribution is -2.30. The zero-order valence-electron chi connectivity index (χ0n) is 38.5. The van der Waals surface area contributed by atoms with Gasteiger partial charge in [0.15, 0.2) is 6.10 Å². The summed E-state index contributed by atoms with van der Waals surface area (Å²) in [5.74, 6) is -1.01. The molecule has 59 heavy (non-hydrogen) atoms. The van der Waals surface area contributed by atoms with Crippen LogP contribution >= 0.6 is 0 Å². The Balaban J connectivity index is 4.42. The van der Waals surface area contributed by atoms with E-state index in [0.717, 1.165) is 83.5 Å². The Morgan fingerprint density at radius 2 is 0.729 bits per heavy atom. The second kappa shape index (κ2) is 47.5. The maximum absolute atomic E-state index is 12.7. The van der Waals surface area contributed by atoms with E-state index in [1.807, 2.05) is 12.2 Å². The monoisotopic (exact) mass is 823 g/mol. The smallest absolute Gasteiger partial charge is 0.306 e. The van der Waals surface area contributed by atoms with Crippen LogP contribution in [0.1, 0.15) is 226 Å². The van der Waals surface area contributed by atoms with E-state index < -0.39 is 12.1 Å². The Morgan fingerprint density at radius 1 is 0.356 bits per heavy atom. The Kier molecular flexibility index (Phi) is 45.0. The zero-order chi connectivity index (χ0) is 43.0. The van der Waals surface area contributed by atoms with Crippen LogP contribution in [0.4, 0.5) is 0 Å². The molecular formula is C53H90O6. The van der Waals surface area contributed by atoms with E-state index in [4.69, 9.17) is 14.2 Å². The van der Waals surface area contributed by atoms with Crippen molar-refractivity contribution in [3.63, 3.8) is 0 Å². The lowest BCUT2D eigenvalue weighted by molar-refractivity contribution is -0.166. The summed E-state index contributed by atoms with van der Waals surface area (Å²) in [6.45, 7) is 6.37. The number of carbonyl (C=O) groups is 3. The van der Waals surface area contributed by atoms with E-state index in [1.165, 1.54) is 96.3 Å². The van der Waals surface area contributed by atoms with Gasteiger partial charge in [0.1, 0.15) is 13.2 Å². The minimum absolute atomic E-state index is 0.109. The van der Waals surface area contributed by atoms with Crippen molar-refractivity contribution in [3.05, 3.63) is 72.9 Å². The molecule has 0 bridgehead atoms. The summed E-state index contributed by atoms with van der Waals surface area (Å²) in [5.41, 5.74) is 0. The SMILES string of the molecule is CC/C=C\C/C=C\C/C=C\C/C=C\CCC(=O)OC(COC(=O)CCCCCCC/C=C\CCC)COC(=O)CCCCCCCCC/C=C\CCCCCCCCC. The quantitative estimate of drug-likeness (QED) is 0.0264. The van der Waals surface area contributed by atoms with Crippen LogP contribution in [0.15, 0.2) is 72.9 Å². The molecule has 0 saturated carbocycles. The van der Waals surface area contributed by atoms with Crippen LogP contribution < -0.4 is 0 Å². The van der Waals surface area contributed by atoms with Crippen molar-refractivity contribution >= 4 is 17.9 Å². The lowest BCUT2D eigenvalue weighted by atomic mass is 10.1. The number of ether oxygens (including phenoxy) is 3. The largest absolute Gasteiger partial charge is 0.462 e. The predicted molar refractivity (Wildman–Crippen MR) is 251 cm³/mol. The summed E-state index contributed by atoms with van der Waals surface area (Å²) in [5, 5.41) is 0. The first-order valence-electron chi connectivity index (χ1n) is 24.4. The molecule has 0 aliphatic carbocycles. The number of unbranched alkanes of at least 4 members (excludes halogenated alkanes) is 20. The molecule has 0 aromatic rings. The van der Waals surface area contributed by atoms with Crippen molar-refractivity contribution in [2.45, 2.75) is 232 Å². The van der Waals surface area contributed by atoms with E-state index in [1.54, 1.807) is 0 Å². The molecule has 0 spiro atoms. The fourth-order valence-corrected chi connectivity index (χ4v) is 6.51. The van der Waals surface area contributed by atoms with Crippen LogP contribution in [0.25, 0.3) is 0 Å². The number of hydrogen-bond acceptors (Lipinski definition) is 6. The summed E-state index contributed by atoms with van der Waals surface area (Å²) in [6.07, 6.45) is 59.1. The number of carbonyl (C=O) groups excluding carboxylic acids is 3. The van der Waals surface area contributed by atoms with E-state index in [9.17, 15) is 14.4 Å². The standard InChI is InChI=1S/C53H90O6/c1-4-7-10-13-16-19-22-24-25-26-27-28-30-31-34-37-40-43-46-52(55)58-49-50(48-57-51(54)45-42-39-36-33-21-18-15-12-9-6-3)59-53(56)47-44-41-38-35-32-29-23-20-17-14-11-8-5-2/h8,11-12,15,17,20,25-26,29,32,38,41,50H,4-7,9-10,13-14,16,18-19,21-24,27-28,30-31,33-37,39-40,42-49H2,1-3H3/b11-8-,15-12-,20-17-,26-25-,32-29-,41-38-. The first-order chi connectivity index (χ1) is 29.0. The first kappa shape index (κ1) is 55.9. The predicted octanol–water partition coefficient (Wildman–Crippen LogP) is 15.9. The molecule has 0 aliphatic rings. The highest BCUT2D eigenvalue weighted by Gasteiger charge is 2.19. The van der Waals surface area contributed by atoms with Gasteiger partial charge in [-0.15, -0.1) is 0 Å². The van der Waals surface area contributed by atoms with E-state index in [0.29, 0.717) is 19.3 Å². The fraction of sp³-hybridized carbons (Fsp3) is 0.717. The van der Waals surface area contributed by atoms with Gasteiger partial charge in [-0.2, -0.15) is 0 Å². The second-order valence-corrected chi connectivity index (χ2v) is 16.0. The number of hydrogen-bond donors (Lipinski definition) is 0. The summed E-state index contributed by atoms with van der Waals surface area (Å²) in [6, 6.07) is 0. The number of esters is 3. The average molecular weight is 823 g/mol. The van der Waals surface area contributed by atoms with Crippen molar-refractivity contribution in [1.29, 1.82) is 0 Å². The molecule has 0 N–H and O–H groups in total. The molecule has 0 aliphatic heterocycles. The molecule has 6 heteroatoms. The first-order valence-corrected chi connectivity index (χ1v) is 24.4. The molecule has 0 aromatic heterocycles. The summed E-state index contributed by atoms with van der Waals surface area (Å²) >= 11 is 0. The second-order valence-electron chi connectivity index (χ2n) is 16.0. The number of rotatable bonds is 43. The topological polar surface area (TPSA) is 78.9 Å². The highest BCUT2D eigenvalue weighted by Crippen LogP contribution is 2.13. The summed E-state index contributed by atoms with van der Waals surface area (Å²) < 4.78 is 16.6. The third-order valence-corrected chi connectivity index (χ3v) is 10.2. The van der Waals surface area contributed by atoms with Gasteiger partial charge in [0.2, 0.25) is 0 Å². The van der Waals surface area contributed by atoms with Crippen LogP contribution in [-0.2, 0) is 28.6 Å². The zero-order valence-corrected chi connectivity index (χ0v) is 38.5. The molecule has 338 valence electrons. The normalized spacial score (nSPS) is 12.7. The highest BCUT2D eigenvalue weighted by atomic mass is 16.6. The van der Waals surface area contributed by atoms with Crippen LogP contribution in [0.5, 0.6) is 0 Å². The molecule has 1 unspecified atom stereocenters. The van der Waals surface area contributed by atoms with Crippen LogP contribution in [-0.4, -0.2) is 37.2 Å². The summed E-state index contributed by atoms with van der Waals surface area (Å²) in [7, 11) is 0. The van der Waals surface area contributed by atoms with Gasteiger partial charge in [-0.05, 0) is 89.9 Å². The molecule has 0 fully saturated rings. The van der Waals surface area contributed by atoms with Gasteiger partial charge in [-0.1, -0.05) is 190 Å². The van der Waals surface area contributed by atoms with E-state index in [-0.39, 0.29) is 31.6 Å². The van der Waals surface area contributed by atoms with Crippen molar-refractivity contribution in [2.24, 2.45) is 0 Å². The lowest BCUT2D eigenvalue weighted by Gasteiger charge is -2.18. The van der Waals surface area contributed by atoms with Crippen molar-refractivity contribution in [1.82, 2.24) is 0 Å². The van der Waals surface area contributed by atoms with Crippen molar-refractivity contribution < 1.29 is 28.6 Å². The van der Waals surface area contributed by atoms with Crippen LogP contribution in [0.3, 0.4) is 0 Å². The van der Waals surface area contributed by atoms with Crippen LogP contribution in [0, 0.1) is 0 Å². The van der Waals surface area contributed by atoms with E-state index in [2.05, 4.69) is 81.5 Å². The van der Waals surface area contributed by atoms with Gasteiger partial charge in [0, 0.05) is 19.3 Å². The Labute approximate surface area is 363 Å². The number of allylic oxidation sites excluding steroid dienone is 12. The highest BCUT2D eigenvalue weighted by molar-refractivity contribution is 5.71. The molecule has 0 rings (SSSR count). The van der Waals surface area contributed by atoms with Gasteiger partial charge < -0.3 is 14.2 Å². The molecule has 6 nitrogen and oxygen atoms in total. The molecule has 0 amide bonds. The van der Waals surface area contributed by atoms with Gasteiger partial charge in [-0.25, -0.2) is 0 Å². The molecule has 0 aromatic carbocycles. The van der Waals surface area contributed by atoms with Crippen molar-refractivity contribution in [2.75, 3.05) is 13.2 Å². The Bertz CT molecular complexity index is 1130. The third kappa shape index (κ3) is 45.8. The minimum atomic E-state index is -0.816. The van der Waals surface area contributed by atoms with Gasteiger partial charge in [0.25, 0.3) is 0 Å². The summed E-state index contributed by atoms with van der Waals surface area (Å²) in [4.78, 5) is 37.8. The maximum Gasteiger partial charge on any atom is 0.306 e. The maximum atomic E-state index is 12.7. The Hall–Kier alpha value is -3.15. The minimum Gasteiger partial charge on any atom is -0.462 e. The molecular weight excluding hydrogens is 733 g/mol. The molecule has 0 saturated heterocycles. The van der Waals surface area contributed by atoms with Gasteiger partial charge in [0.05, 0.1) is 0 Å². The molecule has 0 heterocycles. The average Bonchev–Trinajstić information content (AvgIpc) is 3.23.